The third-order valence-electron chi connectivity index (χ3n) is 7.60. The van der Waals surface area contributed by atoms with E-state index < -0.39 is 11.4 Å². The van der Waals surface area contributed by atoms with Gasteiger partial charge in [-0.05, 0) is 70.1 Å². The average Bonchev–Trinajstić information content (AvgIpc) is 2.73. The van der Waals surface area contributed by atoms with Crippen LogP contribution in [-0.2, 0) is 0 Å². The molecule has 3 aliphatic carbocycles. The topological polar surface area (TPSA) is 50.2 Å². The van der Waals surface area contributed by atoms with Crippen LogP contribution >= 0.6 is 65.0 Å². The third kappa shape index (κ3) is 27.5. The zero-order valence-electron chi connectivity index (χ0n) is 27.4. The second kappa shape index (κ2) is 24.4. The molecule has 0 aromatic heterocycles. The smallest absolute Gasteiger partial charge is 0.870 e. The van der Waals surface area contributed by atoms with Crippen molar-refractivity contribution in [2.75, 3.05) is 0 Å². The molecule has 0 aromatic carbocycles. The molecule has 238 valence electrons. The molecule has 0 spiro atoms. The Morgan fingerprint density at radius 3 is 1.07 bits per heavy atom. The molecule has 0 radical (unpaired) electrons. The Morgan fingerprint density at radius 1 is 0.625 bits per heavy atom. The predicted octanol–water partition coefficient (Wildman–Crippen LogP) is 9.80. The van der Waals surface area contributed by atoms with E-state index >= 15 is 0 Å². The van der Waals surface area contributed by atoms with E-state index in [2.05, 4.69) is 41.5 Å². The molecule has 2 N–H and O–H groups in total. The second-order valence-electron chi connectivity index (χ2n) is 14.2. The summed E-state index contributed by atoms with van der Waals surface area (Å²) in [6.07, 6.45) is 18.8. The maximum Gasteiger partial charge on any atom is 1.00 e. The van der Waals surface area contributed by atoms with E-state index in [4.69, 9.17) is 65.0 Å². The fraction of sp³-hybridized carbons (Fsp3) is 1.00. The molecule has 0 atom stereocenters. The maximum absolute atomic E-state index is 10.2. The Kier molecular flexibility index (Phi) is 30.5. The van der Waals surface area contributed by atoms with Crippen LogP contribution in [0.1, 0.15) is 159 Å². The van der Waals surface area contributed by atoms with Crippen LogP contribution in [0.3, 0.4) is 0 Å². The third-order valence-corrected chi connectivity index (χ3v) is 8.98. The summed E-state index contributed by atoms with van der Waals surface area (Å²) in [6.45, 7) is 19.0. The van der Waals surface area contributed by atoms with Crippen molar-refractivity contribution >= 4 is 76.3 Å². The molecule has 0 aliphatic heterocycles. The number of aliphatic hydroxyl groups is 1. The van der Waals surface area contributed by atoms with Crippen molar-refractivity contribution in [3.8, 4) is 0 Å². The molecule has 10 heteroatoms. The summed E-state index contributed by atoms with van der Waals surface area (Å²) in [5.41, 5.74) is -0.0480. The van der Waals surface area contributed by atoms with Crippen molar-refractivity contribution < 1.29 is 40.1 Å². The van der Waals surface area contributed by atoms with Crippen LogP contribution in [0.2, 0.25) is 0 Å². The molecular weight excluding hydrogens is 655 g/mol. The molecule has 0 amide bonds. The number of rotatable bonds is 0. The minimum absolute atomic E-state index is 0. The van der Waals surface area contributed by atoms with Crippen LogP contribution in [-0.4, -0.2) is 42.7 Å². The number of halogens is 6. The van der Waals surface area contributed by atoms with Crippen LogP contribution in [0.25, 0.3) is 0 Å². The Balaban J connectivity index is -0.000000210. The molecule has 2 nitrogen and oxygen atoms in total. The Morgan fingerprint density at radius 2 is 0.900 bits per heavy atom. The van der Waals surface area contributed by atoms with E-state index in [0.29, 0.717) is 5.38 Å². The number of alkyl halides is 3. The van der Waals surface area contributed by atoms with Crippen LogP contribution < -0.4 is 29.6 Å². The van der Waals surface area contributed by atoms with Crippen molar-refractivity contribution in [1.29, 1.82) is 0 Å². The normalized spacial score (nSPS) is 20.4. The summed E-state index contributed by atoms with van der Waals surface area (Å²) in [7, 11) is 14.8. The fourth-order valence-electron chi connectivity index (χ4n) is 4.80. The van der Waals surface area contributed by atoms with E-state index in [1.807, 2.05) is 20.8 Å². The van der Waals surface area contributed by atoms with Crippen molar-refractivity contribution in [2.24, 2.45) is 10.8 Å². The molecule has 3 fully saturated rings. The van der Waals surface area contributed by atoms with Gasteiger partial charge in [0.2, 0.25) is 0 Å². The molecule has 3 aliphatic rings. The van der Waals surface area contributed by atoms with Gasteiger partial charge in [0.05, 0.1) is 5.60 Å². The first-order valence-corrected chi connectivity index (χ1v) is 21.1. The van der Waals surface area contributed by atoms with E-state index in [0.717, 1.165) is 12.8 Å². The molecule has 0 unspecified atom stereocenters. The predicted molar refractivity (Wildman–Crippen MR) is 182 cm³/mol. The van der Waals surface area contributed by atoms with Crippen molar-refractivity contribution in [1.82, 2.24) is 0 Å². The summed E-state index contributed by atoms with van der Waals surface area (Å²) in [6, 6.07) is 0. The van der Waals surface area contributed by atoms with Crippen LogP contribution in [0, 0.1) is 10.8 Å². The van der Waals surface area contributed by atoms with E-state index in [1.165, 1.54) is 83.5 Å². The van der Waals surface area contributed by atoms with Gasteiger partial charge in [0, 0.05) is 15.1 Å². The first-order chi connectivity index (χ1) is 17.0. The minimum atomic E-state index is -1.72. The zero-order chi connectivity index (χ0) is 30.3. The van der Waals surface area contributed by atoms with Gasteiger partial charge in [0.15, 0.2) is 0 Å². The van der Waals surface area contributed by atoms with Gasteiger partial charge in [-0.2, -0.15) is 0 Å². The second-order valence-corrected chi connectivity index (χ2v) is 23.1. The molecule has 0 aromatic rings. The molecule has 40 heavy (non-hydrogen) atoms. The molecule has 3 saturated carbocycles. The molecular formula is C30H60AlCl6NaO2. The summed E-state index contributed by atoms with van der Waals surface area (Å²) in [5, 5.41) is 10.7. The van der Waals surface area contributed by atoms with Crippen LogP contribution in [0.15, 0.2) is 0 Å². The van der Waals surface area contributed by atoms with Crippen molar-refractivity contribution in [3.63, 3.8) is 0 Å². The van der Waals surface area contributed by atoms with Crippen LogP contribution in [0.5, 0.6) is 0 Å². The van der Waals surface area contributed by atoms with E-state index in [-0.39, 0.29) is 61.2 Å². The monoisotopic (exact) mass is 712 g/mol. The first kappa shape index (κ1) is 50.1. The van der Waals surface area contributed by atoms with Crippen molar-refractivity contribution in [3.05, 3.63) is 0 Å². The SMILES string of the molecule is CC(C)(C)C1(Cl)CCCCC1.CC(C)(C)C1(O)CCCCC1.CC(C)(C)Cl.ClC1CCCCC1.[Cl][Al]([Cl])[Cl].[Na+].[OH-]. The van der Waals surface area contributed by atoms with Gasteiger partial charge >= 0.3 is 40.9 Å². The zero-order valence-corrected chi connectivity index (χ0v) is 35.1. The maximum atomic E-state index is 10.2. The summed E-state index contributed by atoms with van der Waals surface area (Å²) in [5.74, 6) is 0. The summed E-state index contributed by atoms with van der Waals surface area (Å²) < 4.78 is 0. The van der Waals surface area contributed by atoms with Gasteiger partial charge in [-0.25, -0.2) is 30.1 Å². The van der Waals surface area contributed by atoms with Gasteiger partial charge in [-0.1, -0.05) is 99.3 Å². The van der Waals surface area contributed by atoms with Gasteiger partial charge in [-0.15, -0.1) is 34.8 Å². The van der Waals surface area contributed by atoms with Gasteiger partial charge in [0.25, 0.3) is 0 Å². The van der Waals surface area contributed by atoms with Crippen molar-refractivity contribution in [2.45, 2.75) is 179 Å². The molecule has 0 bridgehead atoms. The Hall–Kier alpha value is 3.19. The summed E-state index contributed by atoms with van der Waals surface area (Å²) >= 11 is 16.2. The van der Waals surface area contributed by atoms with E-state index in [9.17, 15) is 5.11 Å². The largest absolute Gasteiger partial charge is 1.00 e. The fourth-order valence-corrected chi connectivity index (χ4v) is 5.38. The van der Waals surface area contributed by atoms with Crippen LogP contribution in [0.4, 0.5) is 0 Å². The Bertz CT molecular complexity index is 531. The van der Waals surface area contributed by atoms with Gasteiger partial charge in [0.1, 0.15) is 0 Å². The minimum Gasteiger partial charge on any atom is -0.870 e. The van der Waals surface area contributed by atoms with Gasteiger partial charge in [-0.3, -0.25) is 0 Å². The molecule has 3 rings (SSSR count). The first-order valence-electron chi connectivity index (χ1n) is 14.7. The Labute approximate surface area is 303 Å². The molecule has 0 saturated heterocycles. The standard InChI is InChI=1S/C10H19Cl.C10H20O.C6H11Cl.C4H9Cl.Al.3ClH.Na.H2O/c2*1-9(2,3)10(11)7-5-4-6-8-10;7-6-4-2-1-3-5-6;1-4(2,3)5;;;;;;/h4-8H2,1-3H3;11H,4-8H2,1-3H3;6H,1-5H2;1-3H3;;3*1H;;1H2/q;;;;+3;;;;+1;/p-4. The molecule has 0 heterocycles. The number of hydrogen-bond acceptors (Lipinski definition) is 2. The number of hydrogen-bond donors (Lipinski definition) is 1. The van der Waals surface area contributed by atoms with Gasteiger partial charge < -0.3 is 10.6 Å². The summed E-state index contributed by atoms with van der Waals surface area (Å²) in [4.78, 5) is 0.0608. The van der Waals surface area contributed by atoms with E-state index in [1.54, 1.807) is 0 Å². The quantitative estimate of drug-likeness (QED) is 0.201. The average molecular weight is 715 g/mol.